The van der Waals surface area contributed by atoms with Gasteiger partial charge in [0.1, 0.15) is 5.69 Å². The number of hydrogen-bond acceptors (Lipinski definition) is 6. The highest BCUT2D eigenvalue weighted by molar-refractivity contribution is 5.93. The highest BCUT2D eigenvalue weighted by atomic mass is 16.5. The lowest BCUT2D eigenvalue weighted by Gasteiger charge is -2.48. The third-order valence-electron chi connectivity index (χ3n) is 6.08. The molecule has 2 fully saturated rings. The first kappa shape index (κ1) is 18.1. The van der Waals surface area contributed by atoms with Crippen LogP contribution >= 0.6 is 0 Å². The lowest BCUT2D eigenvalue weighted by molar-refractivity contribution is 0.0105. The minimum absolute atomic E-state index is 0.0604. The summed E-state index contributed by atoms with van der Waals surface area (Å²) in [5, 5.41) is 8.38. The lowest BCUT2D eigenvalue weighted by Crippen LogP contribution is -2.59. The molecule has 1 spiro atoms. The molecule has 4 heterocycles. The fraction of sp³-hybridized carbons (Fsp3) is 0.429. The number of hydrogen-bond donors (Lipinski definition) is 0. The van der Waals surface area contributed by atoms with Crippen LogP contribution in [0.5, 0.6) is 0 Å². The number of carbonyl (C=O) groups is 1. The second-order valence-corrected chi connectivity index (χ2v) is 8.15. The van der Waals surface area contributed by atoms with E-state index in [2.05, 4.69) is 27.2 Å². The molecule has 8 nitrogen and oxygen atoms in total. The Bertz CT molecular complexity index is 1020. The Morgan fingerprint density at radius 1 is 1.21 bits per heavy atom. The van der Waals surface area contributed by atoms with Crippen LogP contribution in [-0.4, -0.2) is 62.3 Å². The van der Waals surface area contributed by atoms with Crippen LogP contribution in [0.25, 0.3) is 11.4 Å². The first-order chi connectivity index (χ1) is 14.1. The van der Waals surface area contributed by atoms with Crippen molar-refractivity contribution in [3.05, 3.63) is 54.2 Å². The van der Waals surface area contributed by atoms with Gasteiger partial charge >= 0.3 is 0 Å². The van der Waals surface area contributed by atoms with Gasteiger partial charge in [-0.1, -0.05) is 35.5 Å². The molecule has 8 heteroatoms. The van der Waals surface area contributed by atoms with E-state index in [-0.39, 0.29) is 17.4 Å². The summed E-state index contributed by atoms with van der Waals surface area (Å²) in [5.41, 5.74) is 1.70. The summed E-state index contributed by atoms with van der Waals surface area (Å²) >= 11 is 0. The maximum atomic E-state index is 12.8. The van der Waals surface area contributed by atoms with Crippen molar-refractivity contribution in [1.82, 2.24) is 29.7 Å². The Balaban J connectivity index is 1.28. The lowest BCUT2D eigenvalue weighted by atomic mass is 9.77. The van der Waals surface area contributed by atoms with Gasteiger partial charge in [-0.25, -0.2) is 0 Å². The van der Waals surface area contributed by atoms with Crippen molar-refractivity contribution in [2.24, 2.45) is 5.41 Å². The van der Waals surface area contributed by atoms with E-state index in [1.165, 1.54) is 0 Å². The van der Waals surface area contributed by atoms with E-state index in [4.69, 9.17) is 4.52 Å². The van der Waals surface area contributed by atoms with Gasteiger partial charge < -0.3 is 9.42 Å². The Morgan fingerprint density at radius 3 is 2.76 bits per heavy atom. The summed E-state index contributed by atoms with van der Waals surface area (Å²) in [6.45, 7) is 5.10. The summed E-state index contributed by atoms with van der Waals surface area (Å²) in [4.78, 5) is 21.6. The molecule has 2 aliphatic heterocycles. The van der Waals surface area contributed by atoms with E-state index in [9.17, 15) is 4.79 Å². The summed E-state index contributed by atoms with van der Waals surface area (Å²) in [5.74, 6) is 1.33. The number of rotatable bonds is 4. The van der Waals surface area contributed by atoms with Gasteiger partial charge in [-0.15, -0.1) is 0 Å². The molecule has 1 atom stereocenters. The first-order valence-electron chi connectivity index (χ1n) is 9.99. The molecule has 0 N–H and O–H groups in total. The van der Waals surface area contributed by atoms with Crippen LogP contribution in [0.1, 0.15) is 35.8 Å². The first-order valence-corrected chi connectivity index (χ1v) is 9.99. The zero-order valence-corrected chi connectivity index (χ0v) is 16.7. The summed E-state index contributed by atoms with van der Waals surface area (Å²) in [6.07, 6.45) is 2.60. The van der Waals surface area contributed by atoms with Crippen molar-refractivity contribution < 1.29 is 9.32 Å². The van der Waals surface area contributed by atoms with Crippen molar-refractivity contribution in [3.63, 3.8) is 0 Å². The minimum atomic E-state index is 0.0604. The van der Waals surface area contributed by atoms with E-state index >= 15 is 0 Å². The SMILES string of the molecule is CCn1nccc1C(=O)N1CC2(CC(c3nc(-c4ccccc4)no3)N(C)C2)C1. The Kier molecular flexibility index (Phi) is 4.24. The van der Waals surface area contributed by atoms with E-state index < -0.39 is 0 Å². The standard InChI is InChI=1S/C21H24N6O2/c1-3-27-16(9-10-22-27)20(28)26-13-21(14-26)11-17(25(2)12-21)19-23-18(24-29-19)15-7-5-4-6-8-15/h4-10,17H,3,11-14H2,1-2H3. The number of benzene rings is 1. The molecule has 1 amide bonds. The molecule has 0 bridgehead atoms. The van der Waals surface area contributed by atoms with Crippen molar-refractivity contribution in [2.45, 2.75) is 25.9 Å². The molecule has 29 heavy (non-hydrogen) atoms. The van der Waals surface area contributed by atoms with Crippen molar-refractivity contribution in [3.8, 4) is 11.4 Å². The van der Waals surface area contributed by atoms with Gasteiger partial charge in [0.25, 0.3) is 5.91 Å². The smallest absolute Gasteiger partial charge is 0.272 e. The van der Waals surface area contributed by atoms with Crippen LogP contribution in [0.15, 0.2) is 47.1 Å². The molecule has 0 aliphatic carbocycles. The number of carbonyl (C=O) groups excluding carboxylic acids is 1. The van der Waals surface area contributed by atoms with E-state index in [1.54, 1.807) is 16.9 Å². The van der Waals surface area contributed by atoms with Crippen LogP contribution in [0, 0.1) is 5.41 Å². The van der Waals surface area contributed by atoms with Gasteiger partial charge in [-0.2, -0.15) is 10.1 Å². The van der Waals surface area contributed by atoms with E-state index in [0.717, 1.165) is 31.6 Å². The Labute approximate surface area is 169 Å². The second-order valence-electron chi connectivity index (χ2n) is 8.15. The molecule has 3 aromatic rings. The molecule has 2 saturated heterocycles. The van der Waals surface area contributed by atoms with Crippen molar-refractivity contribution >= 4 is 5.91 Å². The zero-order chi connectivity index (χ0) is 20.0. The summed E-state index contributed by atoms with van der Waals surface area (Å²) in [6, 6.07) is 11.7. The molecule has 2 aromatic heterocycles. The van der Waals surface area contributed by atoms with Crippen LogP contribution < -0.4 is 0 Å². The number of aromatic nitrogens is 4. The van der Waals surface area contributed by atoms with Gasteiger partial charge in [-0.05, 0) is 26.5 Å². The van der Waals surface area contributed by atoms with Gasteiger partial charge in [0.2, 0.25) is 11.7 Å². The predicted octanol–water partition coefficient (Wildman–Crippen LogP) is 2.47. The second kappa shape index (κ2) is 6.81. The molecule has 5 rings (SSSR count). The summed E-state index contributed by atoms with van der Waals surface area (Å²) in [7, 11) is 2.09. The molecular formula is C21H24N6O2. The van der Waals surface area contributed by atoms with Crippen LogP contribution in [0.3, 0.4) is 0 Å². The normalized spacial score (nSPS) is 20.9. The van der Waals surface area contributed by atoms with Gasteiger partial charge in [0, 0.05) is 43.4 Å². The topological polar surface area (TPSA) is 80.3 Å². The minimum Gasteiger partial charge on any atom is -0.337 e. The number of likely N-dealkylation sites (tertiary alicyclic amines) is 2. The van der Waals surface area contributed by atoms with Crippen molar-refractivity contribution in [2.75, 3.05) is 26.7 Å². The number of aryl methyl sites for hydroxylation is 1. The maximum Gasteiger partial charge on any atom is 0.272 e. The van der Waals surface area contributed by atoms with Gasteiger partial charge in [-0.3, -0.25) is 14.4 Å². The Morgan fingerprint density at radius 2 is 2.00 bits per heavy atom. The van der Waals surface area contributed by atoms with Crippen LogP contribution in [0.2, 0.25) is 0 Å². The van der Waals surface area contributed by atoms with E-state index in [0.29, 0.717) is 24.0 Å². The van der Waals surface area contributed by atoms with Crippen LogP contribution in [0.4, 0.5) is 0 Å². The fourth-order valence-electron chi connectivity index (χ4n) is 4.69. The average Bonchev–Trinajstić information content (AvgIpc) is 3.44. The zero-order valence-electron chi connectivity index (χ0n) is 16.7. The van der Waals surface area contributed by atoms with Gasteiger partial charge in [0.15, 0.2) is 0 Å². The maximum absolute atomic E-state index is 12.8. The Hall–Kier alpha value is -3.00. The highest BCUT2D eigenvalue weighted by Crippen LogP contribution is 2.47. The molecule has 1 aromatic carbocycles. The molecule has 2 aliphatic rings. The van der Waals surface area contributed by atoms with Crippen molar-refractivity contribution in [1.29, 1.82) is 0 Å². The molecule has 0 saturated carbocycles. The average molecular weight is 392 g/mol. The summed E-state index contributed by atoms with van der Waals surface area (Å²) < 4.78 is 7.35. The fourth-order valence-corrected chi connectivity index (χ4v) is 4.69. The number of amides is 1. The predicted molar refractivity (Wildman–Crippen MR) is 106 cm³/mol. The molecule has 150 valence electrons. The van der Waals surface area contributed by atoms with E-state index in [1.807, 2.05) is 42.2 Å². The quantitative estimate of drug-likeness (QED) is 0.679. The molecule has 1 unspecified atom stereocenters. The van der Waals surface area contributed by atoms with Gasteiger partial charge in [0.05, 0.1) is 6.04 Å². The monoisotopic (exact) mass is 392 g/mol. The number of nitrogens with zero attached hydrogens (tertiary/aromatic N) is 6. The third kappa shape index (κ3) is 3.04. The molecular weight excluding hydrogens is 368 g/mol. The largest absolute Gasteiger partial charge is 0.337 e. The molecule has 0 radical (unpaired) electrons. The third-order valence-corrected chi connectivity index (χ3v) is 6.08. The highest BCUT2D eigenvalue weighted by Gasteiger charge is 2.53. The van der Waals surface area contributed by atoms with Crippen LogP contribution in [-0.2, 0) is 6.54 Å².